The average Bonchev–Trinajstić information content (AvgIpc) is 2.74. The first-order valence-electron chi connectivity index (χ1n) is 6.18. The normalized spacial score (nSPS) is 11.1. The number of allylic oxidation sites excluding steroid dienone is 2. The molecular formula is C16H17NO2. The summed E-state index contributed by atoms with van der Waals surface area (Å²) in [6.45, 7) is 5.72. The molecule has 0 radical (unpaired) electrons. The fraction of sp³-hybridized carbons (Fsp3) is 0.188. The fourth-order valence-corrected chi connectivity index (χ4v) is 2.31. The Morgan fingerprint density at radius 3 is 2.79 bits per heavy atom. The van der Waals surface area contributed by atoms with E-state index < -0.39 is 0 Å². The van der Waals surface area contributed by atoms with Gasteiger partial charge in [-0.15, -0.1) is 6.58 Å². The molecule has 0 unspecified atom stereocenters. The van der Waals surface area contributed by atoms with E-state index in [-0.39, 0.29) is 6.09 Å². The van der Waals surface area contributed by atoms with E-state index in [2.05, 4.69) is 6.58 Å². The summed E-state index contributed by atoms with van der Waals surface area (Å²) in [5, 5.41) is 1.06. The van der Waals surface area contributed by atoms with Gasteiger partial charge >= 0.3 is 6.09 Å². The van der Waals surface area contributed by atoms with Gasteiger partial charge in [0.2, 0.25) is 0 Å². The molecule has 1 aromatic carbocycles. The van der Waals surface area contributed by atoms with E-state index in [4.69, 9.17) is 4.74 Å². The van der Waals surface area contributed by atoms with Crippen molar-refractivity contribution in [2.75, 3.05) is 7.11 Å². The van der Waals surface area contributed by atoms with Crippen molar-refractivity contribution in [3.8, 4) is 0 Å². The van der Waals surface area contributed by atoms with E-state index in [1.54, 1.807) is 4.57 Å². The Kier molecular flexibility index (Phi) is 3.85. The molecule has 3 heteroatoms. The standard InChI is InChI=1S/C16H17NO2/c1-4-8-12-13-10-6-7-11-15(13)17(16(18)19-3)14(12)9-5-2/h4-7,9-11H,1,8H2,2-3H3/b9-5+. The second-order valence-corrected chi connectivity index (χ2v) is 4.18. The van der Waals surface area contributed by atoms with Crippen LogP contribution in [0.3, 0.4) is 0 Å². The lowest BCUT2D eigenvalue weighted by Gasteiger charge is -2.05. The summed E-state index contributed by atoms with van der Waals surface area (Å²) in [4.78, 5) is 12.0. The summed E-state index contributed by atoms with van der Waals surface area (Å²) in [6, 6.07) is 7.82. The molecule has 2 rings (SSSR count). The largest absolute Gasteiger partial charge is 0.452 e. The molecule has 1 aromatic heterocycles. The van der Waals surface area contributed by atoms with Crippen LogP contribution in [0, 0.1) is 0 Å². The molecular weight excluding hydrogens is 238 g/mol. The van der Waals surface area contributed by atoms with E-state index >= 15 is 0 Å². The summed E-state index contributed by atoms with van der Waals surface area (Å²) < 4.78 is 6.49. The predicted octanol–water partition coefficient (Wildman–Crippen LogP) is 4.02. The second kappa shape index (κ2) is 5.57. The zero-order valence-corrected chi connectivity index (χ0v) is 11.2. The maximum Gasteiger partial charge on any atom is 0.418 e. The van der Waals surface area contributed by atoms with Gasteiger partial charge in [0.1, 0.15) is 0 Å². The minimum Gasteiger partial charge on any atom is -0.452 e. The number of rotatable bonds is 3. The Bertz CT molecular complexity index is 650. The summed E-state index contributed by atoms with van der Waals surface area (Å²) in [5.41, 5.74) is 2.81. The number of carbonyl (C=O) groups excluding carboxylic acids is 1. The minimum atomic E-state index is -0.375. The van der Waals surface area contributed by atoms with Crippen molar-refractivity contribution in [3.05, 3.63) is 54.3 Å². The molecule has 1 heterocycles. The molecule has 98 valence electrons. The molecule has 0 amide bonds. The maximum absolute atomic E-state index is 12.0. The minimum absolute atomic E-state index is 0.375. The van der Waals surface area contributed by atoms with Gasteiger partial charge in [-0.05, 0) is 31.1 Å². The van der Waals surface area contributed by atoms with Gasteiger partial charge in [-0.25, -0.2) is 9.36 Å². The molecule has 0 N–H and O–H groups in total. The highest BCUT2D eigenvalue weighted by Gasteiger charge is 2.18. The van der Waals surface area contributed by atoms with Crippen molar-refractivity contribution in [1.29, 1.82) is 0 Å². The van der Waals surface area contributed by atoms with E-state index in [1.807, 2.05) is 49.4 Å². The summed E-state index contributed by atoms with van der Waals surface area (Å²) in [7, 11) is 1.39. The Morgan fingerprint density at radius 2 is 2.16 bits per heavy atom. The molecule has 0 fully saturated rings. The third-order valence-electron chi connectivity index (χ3n) is 3.05. The molecule has 0 bridgehead atoms. The number of hydrogen-bond acceptors (Lipinski definition) is 2. The Balaban J connectivity index is 2.86. The van der Waals surface area contributed by atoms with Crippen LogP contribution < -0.4 is 0 Å². The van der Waals surface area contributed by atoms with Crippen LogP contribution in [0.1, 0.15) is 18.2 Å². The molecule has 0 atom stereocenters. The number of ether oxygens (including phenoxy) is 1. The quantitative estimate of drug-likeness (QED) is 0.776. The summed E-state index contributed by atoms with van der Waals surface area (Å²) in [6.07, 6.45) is 6.02. The van der Waals surface area contributed by atoms with E-state index in [0.29, 0.717) is 6.42 Å². The number of nitrogens with zero attached hydrogens (tertiary/aromatic N) is 1. The van der Waals surface area contributed by atoms with Crippen LogP contribution in [0.5, 0.6) is 0 Å². The zero-order chi connectivity index (χ0) is 13.8. The highest BCUT2D eigenvalue weighted by molar-refractivity contribution is 5.96. The van der Waals surface area contributed by atoms with E-state index in [1.165, 1.54) is 7.11 Å². The number of benzene rings is 1. The van der Waals surface area contributed by atoms with Gasteiger partial charge in [-0.1, -0.05) is 30.4 Å². The van der Waals surface area contributed by atoms with Crippen LogP contribution in [0.15, 0.2) is 43.0 Å². The molecule has 0 saturated carbocycles. The Labute approximate surface area is 112 Å². The van der Waals surface area contributed by atoms with Gasteiger partial charge in [-0.3, -0.25) is 0 Å². The molecule has 19 heavy (non-hydrogen) atoms. The average molecular weight is 255 g/mol. The molecule has 3 nitrogen and oxygen atoms in total. The van der Waals surface area contributed by atoms with Crippen LogP contribution in [0.4, 0.5) is 4.79 Å². The molecule has 0 spiro atoms. The highest BCUT2D eigenvalue weighted by atomic mass is 16.5. The summed E-state index contributed by atoms with van der Waals surface area (Å²) >= 11 is 0. The van der Waals surface area contributed by atoms with Gasteiger partial charge < -0.3 is 4.74 Å². The van der Waals surface area contributed by atoms with E-state index in [0.717, 1.165) is 22.2 Å². The molecule has 0 aliphatic rings. The first-order chi connectivity index (χ1) is 9.24. The van der Waals surface area contributed by atoms with Gasteiger partial charge in [0.25, 0.3) is 0 Å². The molecule has 0 aliphatic carbocycles. The molecule has 0 saturated heterocycles. The lowest BCUT2D eigenvalue weighted by atomic mass is 10.1. The van der Waals surface area contributed by atoms with Gasteiger partial charge in [0.15, 0.2) is 0 Å². The van der Waals surface area contributed by atoms with Crippen molar-refractivity contribution in [2.24, 2.45) is 0 Å². The van der Waals surface area contributed by atoms with E-state index in [9.17, 15) is 4.79 Å². The van der Waals surface area contributed by atoms with Crippen molar-refractivity contribution >= 4 is 23.1 Å². The van der Waals surface area contributed by atoms with Crippen LogP contribution in [-0.2, 0) is 11.2 Å². The topological polar surface area (TPSA) is 31.2 Å². The molecule has 0 aliphatic heterocycles. The lowest BCUT2D eigenvalue weighted by molar-refractivity contribution is 0.174. The zero-order valence-electron chi connectivity index (χ0n) is 11.2. The number of hydrogen-bond donors (Lipinski definition) is 0. The lowest BCUT2D eigenvalue weighted by Crippen LogP contribution is -2.13. The maximum atomic E-state index is 12.0. The number of carbonyl (C=O) groups is 1. The number of aromatic nitrogens is 1. The highest BCUT2D eigenvalue weighted by Crippen LogP contribution is 2.28. The second-order valence-electron chi connectivity index (χ2n) is 4.18. The van der Waals surface area contributed by atoms with Crippen molar-refractivity contribution in [3.63, 3.8) is 0 Å². The van der Waals surface area contributed by atoms with Crippen LogP contribution in [0.25, 0.3) is 17.0 Å². The Morgan fingerprint density at radius 1 is 1.42 bits per heavy atom. The van der Waals surface area contributed by atoms with Crippen molar-refractivity contribution < 1.29 is 9.53 Å². The first-order valence-corrected chi connectivity index (χ1v) is 6.18. The van der Waals surface area contributed by atoms with Crippen molar-refractivity contribution in [2.45, 2.75) is 13.3 Å². The van der Waals surface area contributed by atoms with Crippen LogP contribution >= 0.6 is 0 Å². The smallest absolute Gasteiger partial charge is 0.418 e. The third kappa shape index (κ3) is 2.19. The monoisotopic (exact) mass is 255 g/mol. The van der Waals surface area contributed by atoms with Gasteiger partial charge in [0.05, 0.1) is 18.3 Å². The van der Waals surface area contributed by atoms with Crippen molar-refractivity contribution in [1.82, 2.24) is 4.57 Å². The van der Waals surface area contributed by atoms with Gasteiger partial charge in [-0.2, -0.15) is 0 Å². The number of para-hydroxylation sites is 1. The SMILES string of the molecule is C=CCc1c(/C=C/C)n(C(=O)OC)c2ccccc12. The Hall–Kier alpha value is -2.29. The fourth-order valence-electron chi connectivity index (χ4n) is 2.31. The first kappa shape index (κ1) is 13.1. The third-order valence-corrected chi connectivity index (χ3v) is 3.05. The molecule has 2 aromatic rings. The predicted molar refractivity (Wildman–Crippen MR) is 78.4 cm³/mol. The van der Waals surface area contributed by atoms with Crippen LogP contribution in [-0.4, -0.2) is 17.8 Å². The number of fused-ring (bicyclic) bond motifs is 1. The van der Waals surface area contributed by atoms with Crippen LogP contribution in [0.2, 0.25) is 0 Å². The number of methoxy groups -OCH3 is 1. The van der Waals surface area contributed by atoms with Gasteiger partial charge in [0, 0.05) is 5.39 Å². The summed E-state index contributed by atoms with van der Waals surface area (Å²) in [5.74, 6) is 0.